The zero-order valence-corrected chi connectivity index (χ0v) is 7.24. The second kappa shape index (κ2) is 6.54. The van der Waals surface area contributed by atoms with Gasteiger partial charge in [0.2, 0.25) is 0 Å². The van der Waals surface area contributed by atoms with E-state index in [0.717, 1.165) is 0 Å². The Labute approximate surface area is 76.1 Å². The van der Waals surface area contributed by atoms with Crippen LogP contribution in [0.25, 0.3) is 0 Å². The first kappa shape index (κ1) is 10.8. The lowest BCUT2D eigenvalue weighted by molar-refractivity contribution is -0.133. The van der Waals surface area contributed by atoms with Crippen LogP contribution in [-0.4, -0.2) is 21.9 Å². The molecule has 0 atom stereocenters. The average molecular weight is 186 g/mol. The third-order valence-corrected chi connectivity index (χ3v) is 1.16. The molecule has 0 bridgehead atoms. The van der Waals surface area contributed by atoms with Crippen LogP contribution in [0.3, 0.4) is 0 Å². The molecule has 1 aromatic rings. The molecule has 66 valence electrons. The van der Waals surface area contributed by atoms with Crippen molar-refractivity contribution in [3.8, 4) is 5.75 Å². The topological polar surface area (TPSA) is 57.5 Å². The predicted molar refractivity (Wildman–Crippen MR) is 49.6 cm³/mol. The molecule has 0 unspecified atom stereocenters. The lowest BCUT2D eigenvalue weighted by Gasteiger charge is -1.82. The molecule has 0 aliphatic carbocycles. The minimum Gasteiger partial charge on any atom is -0.508 e. The van der Waals surface area contributed by atoms with Crippen molar-refractivity contribution >= 4 is 18.6 Å². The fourth-order valence-corrected chi connectivity index (χ4v) is 0.428. The van der Waals surface area contributed by atoms with Gasteiger partial charge in [-0.25, -0.2) is 0 Å². The molecule has 0 radical (unpaired) electrons. The van der Waals surface area contributed by atoms with Crippen LogP contribution in [0.1, 0.15) is 0 Å². The molecule has 1 rings (SSSR count). The zero-order valence-electron chi connectivity index (χ0n) is 6.34. The van der Waals surface area contributed by atoms with Crippen LogP contribution in [0.2, 0.25) is 0 Å². The van der Waals surface area contributed by atoms with Gasteiger partial charge in [0.25, 0.3) is 0 Å². The fraction of sp³-hybridized carbons (Fsp3) is 0.125. The summed E-state index contributed by atoms with van der Waals surface area (Å²) in [5.41, 5.74) is 0. The third-order valence-electron chi connectivity index (χ3n) is 0.891. The molecule has 0 saturated heterocycles. The highest BCUT2D eigenvalue weighted by Crippen LogP contribution is 2.02. The van der Waals surface area contributed by atoms with Crippen molar-refractivity contribution in [3.63, 3.8) is 0 Å². The van der Waals surface area contributed by atoms with Gasteiger partial charge >= 0.3 is 5.97 Å². The molecule has 0 saturated carbocycles. The second-order valence-electron chi connectivity index (χ2n) is 1.89. The summed E-state index contributed by atoms with van der Waals surface area (Å²) in [6, 6.07) is 8.71. The first-order valence-electron chi connectivity index (χ1n) is 3.23. The number of hydrogen-bond donors (Lipinski definition) is 3. The predicted octanol–water partition coefficient (Wildman–Crippen LogP) is 1.39. The monoisotopic (exact) mass is 186 g/mol. The number of phenolic OH excluding ortho intramolecular Hbond substituents is 1. The molecule has 0 aromatic heterocycles. The first-order chi connectivity index (χ1) is 5.66. The summed E-state index contributed by atoms with van der Waals surface area (Å²) in [5.74, 6) is -0.643. The Balaban J connectivity index is 0.000000217. The number of para-hydroxylation sites is 1. The van der Waals surface area contributed by atoms with Gasteiger partial charge < -0.3 is 10.2 Å². The Kier molecular flexibility index (Phi) is 5.91. The highest BCUT2D eigenvalue weighted by molar-refractivity contribution is 7.81. The van der Waals surface area contributed by atoms with Gasteiger partial charge in [-0.2, -0.15) is 12.6 Å². The summed E-state index contributed by atoms with van der Waals surface area (Å²) >= 11 is 3.42. The number of thiol groups is 1. The largest absolute Gasteiger partial charge is 0.508 e. The molecule has 3 nitrogen and oxygen atoms in total. The van der Waals surface area contributed by atoms with Crippen molar-refractivity contribution in [1.29, 1.82) is 0 Å². The van der Waals surface area contributed by atoms with Crippen molar-refractivity contribution in [2.45, 2.75) is 0 Å². The van der Waals surface area contributed by atoms with Crippen LogP contribution in [0.4, 0.5) is 0 Å². The maximum atomic E-state index is 9.29. The molecule has 4 heteroatoms. The van der Waals surface area contributed by atoms with Gasteiger partial charge in [-0.05, 0) is 12.1 Å². The molecule has 0 fully saturated rings. The van der Waals surface area contributed by atoms with E-state index in [0.29, 0.717) is 5.75 Å². The molecule has 0 heterocycles. The molecule has 12 heavy (non-hydrogen) atoms. The van der Waals surface area contributed by atoms with Crippen LogP contribution < -0.4 is 0 Å². The summed E-state index contributed by atoms with van der Waals surface area (Å²) in [6.07, 6.45) is 0. The van der Waals surface area contributed by atoms with E-state index in [2.05, 4.69) is 12.6 Å². The van der Waals surface area contributed by atoms with Crippen LogP contribution in [0, 0.1) is 0 Å². The van der Waals surface area contributed by atoms with E-state index in [1.165, 1.54) is 0 Å². The number of aromatic hydroxyl groups is 1. The SMILES string of the molecule is O=C(O)CS.Oc1ccccc1. The zero-order chi connectivity index (χ0) is 9.40. The Morgan fingerprint density at radius 1 is 1.33 bits per heavy atom. The molecule has 0 amide bonds. The van der Waals surface area contributed by atoms with Crippen LogP contribution in [-0.2, 0) is 4.79 Å². The number of hydrogen-bond acceptors (Lipinski definition) is 3. The molecule has 2 N–H and O–H groups in total. The van der Waals surface area contributed by atoms with Gasteiger partial charge in [0, 0.05) is 0 Å². The van der Waals surface area contributed by atoms with E-state index >= 15 is 0 Å². The number of carbonyl (C=O) groups is 1. The van der Waals surface area contributed by atoms with Crippen molar-refractivity contribution in [2.75, 3.05) is 5.75 Å². The van der Waals surface area contributed by atoms with E-state index in [-0.39, 0.29) is 5.75 Å². The highest BCUT2D eigenvalue weighted by atomic mass is 32.1. The molecule has 0 aliphatic rings. The van der Waals surface area contributed by atoms with E-state index in [9.17, 15) is 4.79 Å². The van der Waals surface area contributed by atoms with Crippen LogP contribution in [0.15, 0.2) is 30.3 Å². The first-order valence-corrected chi connectivity index (χ1v) is 3.86. The molecular weight excluding hydrogens is 176 g/mol. The van der Waals surface area contributed by atoms with E-state index < -0.39 is 5.97 Å². The van der Waals surface area contributed by atoms with Gasteiger partial charge in [-0.3, -0.25) is 4.79 Å². The molecule has 1 aromatic carbocycles. The Morgan fingerprint density at radius 3 is 1.92 bits per heavy atom. The second-order valence-corrected chi connectivity index (χ2v) is 2.20. The molecule has 0 spiro atoms. The Bertz CT molecular complexity index is 223. The summed E-state index contributed by atoms with van der Waals surface area (Å²) < 4.78 is 0. The smallest absolute Gasteiger partial charge is 0.313 e. The standard InChI is InChI=1S/C6H6O.C2H4O2S/c7-6-4-2-1-3-5-6;3-2(4)1-5/h1-5,7H;5H,1H2,(H,3,4). The van der Waals surface area contributed by atoms with Crippen LogP contribution >= 0.6 is 12.6 Å². The number of aliphatic carboxylic acids is 1. The van der Waals surface area contributed by atoms with Gasteiger partial charge in [0.15, 0.2) is 0 Å². The van der Waals surface area contributed by atoms with Crippen molar-refractivity contribution in [3.05, 3.63) is 30.3 Å². The number of benzene rings is 1. The molecular formula is C8H10O3S. The Morgan fingerprint density at radius 2 is 1.75 bits per heavy atom. The number of carboxylic acids is 1. The fourth-order valence-electron chi connectivity index (χ4n) is 0.428. The molecule has 0 aliphatic heterocycles. The van der Waals surface area contributed by atoms with Crippen LogP contribution in [0.5, 0.6) is 5.75 Å². The lowest BCUT2D eigenvalue weighted by atomic mass is 10.3. The number of carboxylic acid groups (broad SMARTS) is 1. The normalized spacial score (nSPS) is 8.08. The maximum absolute atomic E-state index is 9.29. The third kappa shape index (κ3) is 6.95. The highest BCUT2D eigenvalue weighted by Gasteiger charge is 1.81. The lowest BCUT2D eigenvalue weighted by Crippen LogP contribution is -1.92. The number of phenols is 1. The van der Waals surface area contributed by atoms with Crippen molar-refractivity contribution in [1.82, 2.24) is 0 Å². The van der Waals surface area contributed by atoms with E-state index in [1.807, 2.05) is 6.07 Å². The minimum absolute atomic E-state index is 0.0833. The Hall–Kier alpha value is -1.16. The summed E-state index contributed by atoms with van der Waals surface area (Å²) in [6.45, 7) is 0. The summed E-state index contributed by atoms with van der Waals surface area (Å²) in [5, 5.41) is 16.3. The quantitative estimate of drug-likeness (QED) is 0.581. The van der Waals surface area contributed by atoms with Gasteiger partial charge in [-0.15, -0.1) is 0 Å². The number of rotatable bonds is 1. The van der Waals surface area contributed by atoms with Gasteiger partial charge in [0.05, 0.1) is 5.75 Å². The van der Waals surface area contributed by atoms with Crippen molar-refractivity contribution < 1.29 is 15.0 Å². The van der Waals surface area contributed by atoms with Gasteiger partial charge in [0.1, 0.15) is 5.75 Å². The summed E-state index contributed by atoms with van der Waals surface area (Å²) in [7, 11) is 0. The van der Waals surface area contributed by atoms with E-state index in [1.54, 1.807) is 24.3 Å². The minimum atomic E-state index is -0.881. The average Bonchev–Trinajstić information content (AvgIpc) is 2.07. The van der Waals surface area contributed by atoms with E-state index in [4.69, 9.17) is 10.2 Å². The van der Waals surface area contributed by atoms with Gasteiger partial charge in [-0.1, -0.05) is 18.2 Å². The van der Waals surface area contributed by atoms with Crippen molar-refractivity contribution in [2.24, 2.45) is 0 Å². The maximum Gasteiger partial charge on any atom is 0.313 e. The summed E-state index contributed by atoms with van der Waals surface area (Å²) in [4.78, 5) is 9.29.